The molecule has 2 rings (SSSR count). The summed E-state index contributed by atoms with van der Waals surface area (Å²) in [7, 11) is 0. The van der Waals surface area contributed by atoms with Gasteiger partial charge in [0, 0.05) is 6.54 Å². The normalized spacial score (nSPS) is 18.2. The Morgan fingerprint density at radius 2 is 2.06 bits per heavy atom. The maximum atomic E-state index is 5.70. The van der Waals surface area contributed by atoms with E-state index in [4.69, 9.17) is 5.73 Å². The molecule has 1 aromatic heterocycles. The standard InChI is InChI=1S/C15H25N3/c1-12(2)10-15(8-3-4-9-15)11-17-14-7-5-6-13(16)18-14/h5-7,12H,3-4,8-11H2,1-2H3,(H3,16,17,18). The van der Waals surface area contributed by atoms with Crippen molar-refractivity contribution in [2.24, 2.45) is 11.3 Å². The maximum Gasteiger partial charge on any atom is 0.128 e. The van der Waals surface area contributed by atoms with Crippen molar-refractivity contribution in [3.63, 3.8) is 0 Å². The Hall–Kier alpha value is -1.25. The molecule has 0 spiro atoms. The van der Waals surface area contributed by atoms with E-state index in [-0.39, 0.29) is 0 Å². The molecule has 0 radical (unpaired) electrons. The molecule has 1 aromatic rings. The van der Waals surface area contributed by atoms with Crippen LogP contribution >= 0.6 is 0 Å². The van der Waals surface area contributed by atoms with Crippen LogP contribution in [0.4, 0.5) is 11.6 Å². The molecule has 0 atom stereocenters. The zero-order chi connectivity index (χ0) is 13.0. The van der Waals surface area contributed by atoms with Gasteiger partial charge in [-0.05, 0) is 42.7 Å². The largest absolute Gasteiger partial charge is 0.384 e. The van der Waals surface area contributed by atoms with E-state index in [9.17, 15) is 0 Å². The first-order valence-electron chi connectivity index (χ1n) is 7.06. The molecule has 0 aromatic carbocycles. The fourth-order valence-electron chi connectivity index (χ4n) is 3.27. The Bertz CT molecular complexity index is 381. The summed E-state index contributed by atoms with van der Waals surface area (Å²) in [5, 5.41) is 3.48. The Kier molecular flexibility index (Phi) is 4.10. The molecule has 3 N–H and O–H groups in total. The van der Waals surface area contributed by atoms with E-state index in [1.165, 1.54) is 32.1 Å². The summed E-state index contributed by atoms with van der Waals surface area (Å²) < 4.78 is 0. The summed E-state index contributed by atoms with van der Waals surface area (Å²) in [6.07, 6.45) is 6.75. The summed E-state index contributed by atoms with van der Waals surface area (Å²) in [5.74, 6) is 2.26. The third kappa shape index (κ3) is 3.37. The van der Waals surface area contributed by atoms with Gasteiger partial charge in [0.15, 0.2) is 0 Å². The quantitative estimate of drug-likeness (QED) is 0.834. The van der Waals surface area contributed by atoms with Crippen molar-refractivity contribution in [3.05, 3.63) is 18.2 Å². The first kappa shape index (κ1) is 13.2. The van der Waals surface area contributed by atoms with Crippen LogP contribution in [0.25, 0.3) is 0 Å². The van der Waals surface area contributed by atoms with Crippen LogP contribution in [0.15, 0.2) is 18.2 Å². The van der Waals surface area contributed by atoms with Gasteiger partial charge in [-0.2, -0.15) is 0 Å². The lowest BCUT2D eigenvalue weighted by molar-refractivity contribution is 0.252. The smallest absolute Gasteiger partial charge is 0.128 e. The van der Waals surface area contributed by atoms with Crippen molar-refractivity contribution in [1.29, 1.82) is 0 Å². The van der Waals surface area contributed by atoms with Crippen molar-refractivity contribution in [2.45, 2.75) is 46.0 Å². The van der Waals surface area contributed by atoms with Gasteiger partial charge in [0.1, 0.15) is 11.6 Å². The zero-order valence-corrected chi connectivity index (χ0v) is 11.6. The van der Waals surface area contributed by atoms with E-state index in [1.54, 1.807) is 0 Å². The number of hydrogen-bond donors (Lipinski definition) is 2. The Morgan fingerprint density at radius 3 is 2.67 bits per heavy atom. The fraction of sp³-hybridized carbons (Fsp3) is 0.667. The highest BCUT2D eigenvalue weighted by Crippen LogP contribution is 2.43. The van der Waals surface area contributed by atoms with Gasteiger partial charge in [-0.25, -0.2) is 4.98 Å². The molecule has 0 bridgehead atoms. The van der Waals surface area contributed by atoms with Gasteiger partial charge < -0.3 is 11.1 Å². The number of anilines is 2. The monoisotopic (exact) mass is 247 g/mol. The van der Waals surface area contributed by atoms with Gasteiger partial charge in [-0.3, -0.25) is 0 Å². The minimum Gasteiger partial charge on any atom is -0.384 e. The Labute approximate surface area is 110 Å². The van der Waals surface area contributed by atoms with Gasteiger partial charge >= 0.3 is 0 Å². The number of nitrogens with two attached hydrogens (primary N) is 1. The second-order valence-electron chi connectivity index (χ2n) is 6.11. The summed E-state index contributed by atoms with van der Waals surface area (Å²) >= 11 is 0. The lowest BCUT2D eigenvalue weighted by Crippen LogP contribution is -2.28. The molecule has 1 aliphatic carbocycles. The Morgan fingerprint density at radius 1 is 1.33 bits per heavy atom. The number of nitrogens with one attached hydrogen (secondary N) is 1. The van der Waals surface area contributed by atoms with Gasteiger partial charge in [-0.1, -0.05) is 32.8 Å². The lowest BCUT2D eigenvalue weighted by Gasteiger charge is -2.31. The van der Waals surface area contributed by atoms with Crippen molar-refractivity contribution >= 4 is 11.6 Å². The molecule has 100 valence electrons. The molecule has 18 heavy (non-hydrogen) atoms. The molecule has 0 saturated heterocycles. The second-order valence-corrected chi connectivity index (χ2v) is 6.11. The number of pyridine rings is 1. The van der Waals surface area contributed by atoms with Crippen molar-refractivity contribution in [1.82, 2.24) is 4.98 Å². The highest BCUT2D eigenvalue weighted by Gasteiger charge is 2.34. The molecule has 1 heterocycles. The molecule has 0 unspecified atom stereocenters. The van der Waals surface area contributed by atoms with E-state index < -0.39 is 0 Å². The number of nitrogens with zero attached hydrogens (tertiary/aromatic N) is 1. The third-order valence-corrected chi connectivity index (χ3v) is 3.92. The molecule has 0 aliphatic heterocycles. The van der Waals surface area contributed by atoms with Gasteiger partial charge in [0.05, 0.1) is 0 Å². The van der Waals surface area contributed by atoms with Crippen molar-refractivity contribution < 1.29 is 0 Å². The van der Waals surface area contributed by atoms with Crippen LogP contribution in [-0.2, 0) is 0 Å². The molecule has 1 fully saturated rings. The summed E-state index contributed by atoms with van der Waals surface area (Å²) in [5.41, 5.74) is 6.18. The average Bonchev–Trinajstić information content (AvgIpc) is 2.75. The highest BCUT2D eigenvalue weighted by atomic mass is 15.0. The topological polar surface area (TPSA) is 50.9 Å². The average molecular weight is 247 g/mol. The predicted octanol–water partition coefficient (Wildman–Crippen LogP) is 3.68. The summed E-state index contributed by atoms with van der Waals surface area (Å²) in [6.45, 7) is 5.67. The minimum atomic E-state index is 0.473. The molecule has 3 heteroatoms. The Balaban J connectivity index is 1.97. The van der Waals surface area contributed by atoms with Crippen LogP contribution in [0.3, 0.4) is 0 Å². The van der Waals surface area contributed by atoms with Crippen LogP contribution in [0.1, 0.15) is 46.0 Å². The van der Waals surface area contributed by atoms with Crippen LogP contribution < -0.4 is 11.1 Å². The second kappa shape index (κ2) is 5.59. The van der Waals surface area contributed by atoms with Crippen molar-refractivity contribution in [2.75, 3.05) is 17.6 Å². The van der Waals surface area contributed by atoms with E-state index in [0.717, 1.165) is 18.3 Å². The van der Waals surface area contributed by atoms with Gasteiger partial charge in [0.2, 0.25) is 0 Å². The van der Waals surface area contributed by atoms with Gasteiger partial charge in [-0.15, -0.1) is 0 Å². The first-order valence-corrected chi connectivity index (χ1v) is 7.06. The molecule has 3 nitrogen and oxygen atoms in total. The van der Waals surface area contributed by atoms with Gasteiger partial charge in [0.25, 0.3) is 0 Å². The third-order valence-electron chi connectivity index (χ3n) is 3.92. The van der Waals surface area contributed by atoms with E-state index in [0.29, 0.717) is 11.2 Å². The minimum absolute atomic E-state index is 0.473. The molecule has 1 aliphatic rings. The van der Waals surface area contributed by atoms with Crippen LogP contribution in [0.2, 0.25) is 0 Å². The highest BCUT2D eigenvalue weighted by molar-refractivity contribution is 5.42. The fourth-order valence-corrected chi connectivity index (χ4v) is 3.27. The van der Waals surface area contributed by atoms with Crippen LogP contribution in [-0.4, -0.2) is 11.5 Å². The molecule has 1 saturated carbocycles. The molecular formula is C15H25N3. The first-order chi connectivity index (χ1) is 8.60. The molecule has 0 amide bonds. The zero-order valence-electron chi connectivity index (χ0n) is 11.6. The summed E-state index contributed by atoms with van der Waals surface area (Å²) in [6, 6.07) is 5.77. The van der Waals surface area contributed by atoms with E-state index >= 15 is 0 Å². The van der Waals surface area contributed by atoms with Crippen LogP contribution in [0, 0.1) is 11.3 Å². The predicted molar refractivity (Wildman–Crippen MR) is 77.5 cm³/mol. The SMILES string of the molecule is CC(C)CC1(CNc2cccc(N)n2)CCCC1. The lowest BCUT2D eigenvalue weighted by atomic mass is 9.78. The number of nitrogen functional groups attached to an aromatic ring is 1. The number of rotatable bonds is 5. The maximum absolute atomic E-state index is 5.70. The van der Waals surface area contributed by atoms with E-state index in [2.05, 4.69) is 24.1 Å². The molecular weight excluding hydrogens is 222 g/mol. The number of aromatic nitrogens is 1. The van der Waals surface area contributed by atoms with E-state index in [1.807, 2.05) is 18.2 Å². The van der Waals surface area contributed by atoms with Crippen LogP contribution in [0.5, 0.6) is 0 Å². The van der Waals surface area contributed by atoms with Crippen molar-refractivity contribution in [3.8, 4) is 0 Å². The number of hydrogen-bond acceptors (Lipinski definition) is 3. The summed E-state index contributed by atoms with van der Waals surface area (Å²) in [4.78, 5) is 4.31.